The minimum atomic E-state index is -3.67. The molecule has 0 bridgehead atoms. The molecule has 0 aliphatic heterocycles. The van der Waals surface area contributed by atoms with E-state index in [9.17, 15) is 21.6 Å². The Bertz CT molecular complexity index is 1150. The molecule has 32 heavy (non-hydrogen) atoms. The Hall–Kier alpha value is -2.51. The third kappa shape index (κ3) is 6.74. The number of hydrogen-bond acceptors (Lipinski definition) is 7. The summed E-state index contributed by atoms with van der Waals surface area (Å²) < 4.78 is 62.6. The zero-order chi connectivity index (χ0) is 23.9. The van der Waals surface area contributed by atoms with E-state index in [1.165, 1.54) is 57.6 Å². The molecule has 0 radical (unpaired) electrons. The molecule has 0 spiro atoms. The SMILES string of the molecule is COCCNS(=O)(=O)c1ccc(OCC(=O)Nc2cc(S(=O)(=O)N(C)C)ccc2C)cc1. The van der Waals surface area contributed by atoms with Gasteiger partial charge in [-0.3, -0.25) is 4.79 Å². The van der Waals surface area contributed by atoms with Gasteiger partial charge >= 0.3 is 0 Å². The van der Waals surface area contributed by atoms with Crippen LogP contribution in [-0.4, -0.2) is 68.0 Å². The van der Waals surface area contributed by atoms with E-state index in [1.54, 1.807) is 13.0 Å². The van der Waals surface area contributed by atoms with E-state index in [0.29, 0.717) is 17.0 Å². The number of nitrogens with zero attached hydrogens (tertiary/aromatic N) is 1. The fourth-order valence-corrected chi connectivity index (χ4v) is 4.46. The Labute approximate surface area is 188 Å². The zero-order valence-corrected chi connectivity index (χ0v) is 19.9. The van der Waals surface area contributed by atoms with E-state index < -0.39 is 26.0 Å². The van der Waals surface area contributed by atoms with Crippen LogP contribution in [0.5, 0.6) is 5.75 Å². The first-order chi connectivity index (χ1) is 15.0. The normalized spacial score (nSPS) is 12.0. The number of sulfonamides is 2. The summed E-state index contributed by atoms with van der Waals surface area (Å²) >= 11 is 0. The number of methoxy groups -OCH3 is 1. The molecule has 0 heterocycles. The van der Waals surface area contributed by atoms with Crippen molar-refractivity contribution in [2.75, 3.05) is 46.3 Å². The van der Waals surface area contributed by atoms with Crippen LogP contribution in [0.2, 0.25) is 0 Å². The largest absolute Gasteiger partial charge is 0.484 e. The minimum Gasteiger partial charge on any atom is -0.484 e. The van der Waals surface area contributed by atoms with Gasteiger partial charge in [0.15, 0.2) is 6.61 Å². The first kappa shape index (κ1) is 25.7. The Balaban J connectivity index is 2.00. The van der Waals surface area contributed by atoms with Crippen molar-refractivity contribution in [2.24, 2.45) is 0 Å². The van der Waals surface area contributed by atoms with E-state index in [-0.39, 0.29) is 29.5 Å². The smallest absolute Gasteiger partial charge is 0.262 e. The van der Waals surface area contributed by atoms with Crippen molar-refractivity contribution in [1.82, 2.24) is 9.03 Å². The summed E-state index contributed by atoms with van der Waals surface area (Å²) in [5, 5.41) is 2.63. The molecule has 0 aliphatic carbocycles. The fourth-order valence-electron chi connectivity index (χ4n) is 2.52. The number of ether oxygens (including phenoxy) is 2. The Morgan fingerprint density at radius 1 is 1.00 bits per heavy atom. The highest BCUT2D eigenvalue weighted by Crippen LogP contribution is 2.22. The lowest BCUT2D eigenvalue weighted by Crippen LogP contribution is -2.27. The summed E-state index contributed by atoms with van der Waals surface area (Å²) in [5.74, 6) is -0.193. The van der Waals surface area contributed by atoms with Crippen LogP contribution in [0.4, 0.5) is 5.69 Å². The van der Waals surface area contributed by atoms with Crippen LogP contribution in [0.25, 0.3) is 0 Å². The fraction of sp³-hybridized carbons (Fsp3) is 0.350. The highest BCUT2D eigenvalue weighted by atomic mass is 32.2. The van der Waals surface area contributed by atoms with E-state index in [4.69, 9.17) is 9.47 Å². The third-order valence-corrected chi connectivity index (χ3v) is 7.65. The molecule has 0 unspecified atom stereocenters. The number of carbonyl (C=O) groups excluding carboxylic acids is 1. The highest BCUT2D eigenvalue weighted by Gasteiger charge is 2.19. The van der Waals surface area contributed by atoms with Gasteiger partial charge in [-0.25, -0.2) is 25.9 Å². The van der Waals surface area contributed by atoms with E-state index >= 15 is 0 Å². The maximum Gasteiger partial charge on any atom is 0.262 e. The third-order valence-electron chi connectivity index (χ3n) is 4.36. The van der Waals surface area contributed by atoms with Crippen LogP contribution in [0, 0.1) is 6.92 Å². The Morgan fingerprint density at radius 2 is 1.62 bits per heavy atom. The van der Waals surface area contributed by atoms with Crippen molar-refractivity contribution in [1.29, 1.82) is 0 Å². The molecule has 0 saturated heterocycles. The minimum absolute atomic E-state index is 0.0555. The summed E-state index contributed by atoms with van der Waals surface area (Å²) in [6.45, 7) is 1.79. The van der Waals surface area contributed by atoms with E-state index in [0.717, 1.165) is 4.31 Å². The summed E-state index contributed by atoms with van der Waals surface area (Å²) in [4.78, 5) is 12.4. The second kappa shape index (κ2) is 10.9. The Morgan fingerprint density at radius 3 is 2.22 bits per heavy atom. The number of amides is 1. The number of carbonyl (C=O) groups is 1. The van der Waals surface area contributed by atoms with Gasteiger partial charge in [-0.2, -0.15) is 0 Å². The molecule has 2 rings (SSSR count). The quantitative estimate of drug-likeness (QED) is 0.457. The van der Waals surface area contributed by atoms with Gasteiger partial charge in [0.1, 0.15) is 5.75 Å². The molecule has 2 aromatic rings. The van der Waals surface area contributed by atoms with Gasteiger partial charge in [-0.1, -0.05) is 6.07 Å². The van der Waals surface area contributed by atoms with Crippen molar-refractivity contribution < 1.29 is 31.1 Å². The maximum absolute atomic E-state index is 12.3. The molecule has 0 fully saturated rings. The van der Waals surface area contributed by atoms with E-state index in [1.807, 2.05) is 0 Å². The lowest BCUT2D eigenvalue weighted by Gasteiger charge is -2.14. The average molecular weight is 486 g/mol. The van der Waals surface area contributed by atoms with Crippen molar-refractivity contribution >= 4 is 31.6 Å². The molecule has 2 N–H and O–H groups in total. The number of aryl methyl sites for hydroxylation is 1. The molecule has 0 aliphatic rings. The number of hydrogen-bond donors (Lipinski definition) is 2. The molecular weight excluding hydrogens is 458 g/mol. The topological polar surface area (TPSA) is 131 Å². The molecule has 10 nitrogen and oxygen atoms in total. The van der Waals surface area contributed by atoms with Crippen LogP contribution < -0.4 is 14.8 Å². The van der Waals surface area contributed by atoms with Crippen LogP contribution in [-0.2, 0) is 29.6 Å². The first-order valence-corrected chi connectivity index (χ1v) is 12.4. The monoisotopic (exact) mass is 485 g/mol. The average Bonchev–Trinajstić information content (AvgIpc) is 2.74. The van der Waals surface area contributed by atoms with Crippen LogP contribution in [0.3, 0.4) is 0 Å². The summed E-state index contributed by atoms with van der Waals surface area (Å²) in [5.41, 5.74) is 1.04. The van der Waals surface area contributed by atoms with Crippen molar-refractivity contribution in [3.8, 4) is 5.75 Å². The van der Waals surface area contributed by atoms with Gasteiger partial charge in [0.05, 0.1) is 16.4 Å². The van der Waals surface area contributed by atoms with Gasteiger partial charge in [0, 0.05) is 33.4 Å². The maximum atomic E-state index is 12.3. The Kier molecular flexibility index (Phi) is 8.75. The number of benzene rings is 2. The summed E-state index contributed by atoms with van der Waals surface area (Å²) in [7, 11) is -2.99. The predicted octanol–water partition coefficient (Wildman–Crippen LogP) is 1.19. The van der Waals surface area contributed by atoms with Gasteiger partial charge in [-0.05, 0) is 48.9 Å². The number of nitrogens with one attached hydrogen (secondary N) is 2. The summed E-state index contributed by atoms with van der Waals surface area (Å²) in [6, 6.07) is 10.1. The number of anilines is 1. The second-order valence-electron chi connectivity index (χ2n) is 6.96. The predicted molar refractivity (Wildman–Crippen MR) is 120 cm³/mol. The van der Waals surface area contributed by atoms with Gasteiger partial charge in [-0.15, -0.1) is 0 Å². The van der Waals surface area contributed by atoms with E-state index in [2.05, 4.69) is 10.0 Å². The molecule has 1 amide bonds. The molecule has 176 valence electrons. The first-order valence-electron chi connectivity index (χ1n) is 9.52. The van der Waals surface area contributed by atoms with Gasteiger partial charge in [0.2, 0.25) is 20.0 Å². The number of rotatable bonds is 11. The molecule has 0 saturated carbocycles. The van der Waals surface area contributed by atoms with Crippen molar-refractivity contribution in [2.45, 2.75) is 16.7 Å². The van der Waals surface area contributed by atoms with Crippen LogP contribution >= 0.6 is 0 Å². The van der Waals surface area contributed by atoms with Crippen LogP contribution in [0.1, 0.15) is 5.56 Å². The molecule has 0 atom stereocenters. The zero-order valence-electron chi connectivity index (χ0n) is 18.3. The molecule has 12 heteroatoms. The van der Waals surface area contributed by atoms with Gasteiger partial charge in [0.25, 0.3) is 5.91 Å². The lowest BCUT2D eigenvalue weighted by molar-refractivity contribution is -0.118. The molecule has 2 aromatic carbocycles. The van der Waals surface area contributed by atoms with Gasteiger partial charge < -0.3 is 14.8 Å². The standard InChI is InChI=1S/C20H27N3O7S2/c1-15-5-8-18(32(27,28)23(2)3)13-19(15)22-20(24)14-30-16-6-9-17(10-7-16)31(25,26)21-11-12-29-4/h5-10,13,21H,11-12,14H2,1-4H3,(H,22,24). The van der Waals surface area contributed by atoms with Crippen molar-refractivity contribution in [3.05, 3.63) is 48.0 Å². The second-order valence-corrected chi connectivity index (χ2v) is 10.9. The highest BCUT2D eigenvalue weighted by molar-refractivity contribution is 7.89. The molecule has 0 aromatic heterocycles. The van der Waals surface area contributed by atoms with Crippen molar-refractivity contribution in [3.63, 3.8) is 0 Å². The summed E-state index contributed by atoms with van der Waals surface area (Å²) in [6.07, 6.45) is 0. The van der Waals surface area contributed by atoms with Crippen LogP contribution in [0.15, 0.2) is 52.3 Å². The molecular formula is C20H27N3O7S2. The lowest BCUT2D eigenvalue weighted by atomic mass is 10.2.